The van der Waals surface area contributed by atoms with Gasteiger partial charge in [0.05, 0.1) is 17.9 Å². The Balaban J connectivity index is 2.37. The summed E-state index contributed by atoms with van der Waals surface area (Å²) in [4.78, 5) is 2.05. The van der Waals surface area contributed by atoms with Gasteiger partial charge in [0.15, 0.2) is 0 Å². The van der Waals surface area contributed by atoms with Crippen LogP contribution in [0.25, 0.3) is 0 Å². The highest BCUT2D eigenvalue weighted by molar-refractivity contribution is 5.56. The largest absolute Gasteiger partial charge is 0.372 e. The molecule has 4 heteroatoms. The van der Waals surface area contributed by atoms with E-state index < -0.39 is 0 Å². The predicted octanol–water partition coefficient (Wildman–Crippen LogP) is 2.46. The second-order valence-electron chi connectivity index (χ2n) is 5.13. The quantitative estimate of drug-likeness (QED) is 0.878. The maximum atomic E-state index is 14.1. The number of para-hydroxylation sites is 1. The fourth-order valence-electron chi connectivity index (χ4n) is 2.59. The van der Waals surface area contributed by atoms with Crippen molar-refractivity contribution < 1.29 is 9.13 Å². The number of anilines is 1. The van der Waals surface area contributed by atoms with E-state index in [9.17, 15) is 4.39 Å². The van der Waals surface area contributed by atoms with E-state index in [1.54, 1.807) is 6.07 Å². The molecule has 1 aliphatic heterocycles. The number of rotatable bonds is 2. The lowest BCUT2D eigenvalue weighted by atomic mass is 10.0. The molecule has 0 radical (unpaired) electrons. The molecule has 3 nitrogen and oxygen atoms in total. The third-order valence-electron chi connectivity index (χ3n) is 3.24. The first kappa shape index (κ1) is 13.3. The van der Waals surface area contributed by atoms with Crippen molar-refractivity contribution in [3.63, 3.8) is 0 Å². The van der Waals surface area contributed by atoms with E-state index in [1.807, 2.05) is 31.7 Å². The minimum atomic E-state index is -0.203. The Labute approximate surface area is 108 Å². The van der Waals surface area contributed by atoms with Gasteiger partial charge in [0.2, 0.25) is 0 Å². The highest BCUT2D eigenvalue weighted by Crippen LogP contribution is 2.30. The zero-order valence-electron chi connectivity index (χ0n) is 11.2. The first-order valence-corrected chi connectivity index (χ1v) is 6.43. The Morgan fingerprint density at radius 2 is 1.94 bits per heavy atom. The standard InChI is InChI=1S/C14H21FN2O/c1-9-7-17(8-10(2)18-9)14-12(11(3)16)5-4-6-13(14)15/h4-6,9-11H,7-8,16H2,1-3H3/t9-,10+,11-/m1/s1. The van der Waals surface area contributed by atoms with E-state index in [4.69, 9.17) is 10.5 Å². The predicted molar refractivity (Wildman–Crippen MR) is 71.2 cm³/mol. The molecule has 0 amide bonds. The van der Waals surface area contributed by atoms with Gasteiger partial charge in [-0.25, -0.2) is 4.39 Å². The van der Waals surface area contributed by atoms with Crippen molar-refractivity contribution in [2.75, 3.05) is 18.0 Å². The third kappa shape index (κ3) is 2.65. The highest BCUT2D eigenvalue weighted by atomic mass is 19.1. The molecule has 1 saturated heterocycles. The fourth-order valence-corrected chi connectivity index (χ4v) is 2.59. The van der Waals surface area contributed by atoms with E-state index in [0.29, 0.717) is 18.8 Å². The Morgan fingerprint density at radius 3 is 2.50 bits per heavy atom. The first-order valence-electron chi connectivity index (χ1n) is 6.43. The van der Waals surface area contributed by atoms with E-state index >= 15 is 0 Å². The molecule has 0 bridgehead atoms. The summed E-state index contributed by atoms with van der Waals surface area (Å²) in [5.74, 6) is -0.203. The highest BCUT2D eigenvalue weighted by Gasteiger charge is 2.26. The Kier molecular flexibility index (Phi) is 3.88. The number of nitrogens with zero attached hydrogens (tertiary/aromatic N) is 1. The molecule has 100 valence electrons. The molecule has 0 spiro atoms. The summed E-state index contributed by atoms with van der Waals surface area (Å²) < 4.78 is 19.8. The summed E-state index contributed by atoms with van der Waals surface area (Å²) in [6, 6.07) is 4.93. The van der Waals surface area contributed by atoms with Gasteiger partial charge >= 0.3 is 0 Å². The van der Waals surface area contributed by atoms with Crippen LogP contribution in [0.1, 0.15) is 32.4 Å². The van der Waals surface area contributed by atoms with Gasteiger partial charge < -0.3 is 15.4 Å². The molecule has 0 aromatic heterocycles. The molecular formula is C14H21FN2O. The van der Waals surface area contributed by atoms with Crippen LogP contribution < -0.4 is 10.6 Å². The summed E-state index contributed by atoms with van der Waals surface area (Å²) in [6.45, 7) is 7.30. The third-order valence-corrected chi connectivity index (χ3v) is 3.24. The average molecular weight is 252 g/mol. The number of benzene rings is 1. The fraction of sp³-hybridized carbons (Fsp3) is 0.571. The van der Waals surface area contributed by atoms with Gasteiger partial charge in [-0.15, -0.1) is 0 Å². The molecule has 1 aromatic carbocycles. The summed E-state index contributed by atoms with van der Waals surface area (Å²) >= 11 is 0. The smallest absolute Gasteiger partial charge is 0.146 e. The van der Waals surface area contributed by atoms with Gasteiger partial charge in [-0.05, 0) is 32.4 Å². The maximum Gasteiger partial charge on any atom is 0.146 e. The SMILES string of the molecule is C[C@@H]1CN(c2c(F)cccc2[C@@H](C)N)C[C@H](C)O1. The van der Waals surface area contributed by atoms with Crippen LogP contribution in [0.4, 0.5) is 10.1 Å². The molecule has 0 unspecified atom stereocenters. The average Bonchev–Trinajstić information content (AvgIpc) is 2.26. The minimum Gasteiger partial charge on any atom is -0.372 e. The number of halogens is 1. The van der Waals surface area contributed by atoms with Crippen molar-refractivity contribution in [2.24, 2.45) is 5.73 Å². The zero-order valence-corrected chi connectivity index (χ0v) is 11.2. The summed E-state index contributed by atoms with van der Waals surface area (Å²) in [7, 11) is 0. The summed E-state index contributed by atoms with van der Waals surface area (Å²) in [5.41, 5.74) is 7.43. The molecule has 18 heavy (non-hydrogen) atoms. The lowest BCUT2D eigenvalue weighted by molar-refractivity contribution is -0.00545. The number of hydrogen-bond donors (Lipinski definition) is 1. The molecule has 0 aliphatic carbocycles. The lowest BCUT2D eigenvalue weighted by Crippen LogP contribution is -2.46. The second kappa shape index (κ2) is 5.24. The number of morpholine rings is 1. The van der Waals surface area contributed by atoms with Crippen molar-refractivity contribution in [3.8, 4) is 0 Å². The summed E-state index contributed by atoms with van der Waals surface area (Å²) in [6.07, 6.45) is 0.212. The molecule has 1 heterocycles. The Morgan fingerprint density at radius 1 is 1.33 bits per heavy atom. The van der Waals surface area contributed by atoms with Crippen LogP contribution in [0.2, 0.25) is 0 Å². The first-order chi connectivity index (χ1) is 8.49. The molecule has 2 rings (SSSR count). The van der Waals surface area contributed by atoms with E-state index in [2.05, 4.69) is 0 Å². The van der Waals surface area contributed by atoms with Crippen molar-refractivity contribution >= 4 is 5.69 Å². The van der Waals surface area contributed by atoms with Crippen LogP contribution in [-0.4, -0.2) is 25.3 Å². The molecule has 1 fully saturated rings. The van der Waals surface area contributed by atoms with E-state index in [1.165, 1.54) is 6.07 Å². The Bertz CT molecular complexity index is 412. The summed E-state index contributed by atoms with van der Waals surface area (Å²) in [5, 5.41) is 0. The van der Waals surface area contributed by atoms with Crippen LogP contribution in [-0.2, 0) is 4.74 Å². The van der Waals surface area contributed by atoms with Crippen molar-refractivity contribution in [1.82, 2.24) is 0 Å². The van der Waals surface area contributed by atoms with Crippen molar-refractivity contribution in [1.29, 1.82) is 0 Å². The topological polar surface area (TPSA) is 38.5 Å². The lowest BCUT2D eigenvalue weighted by Gasteiger charge is -2.38. The van der Waals surface area contributed by atoms with E-state index in [0.717, 1.165) is 5.56 Å². The maximum absolute atomic E-state index is 14.1. The van der Waals surface area contributed by atoms with Crippen LogP contribution in [0.5, 0.6) is 0 Å². The van der Waals surface area contributed by atoms with Crippen LogP contribution >= 0.6 is 0 Å². The molecule has 1 aliphatic rings. The number of nitrogens with two attached hydrogens (primary N) is 1. The van der Waals surface area contributed by atoms with Crippen LogP contribution in [0.3, 0.4) is 0 Å². The van der Waals surface area contributed by atoms with Crippen molar-refractivity contribution in [3.05, 3.63) is 29.6 Å². The van der Waals surface area contributed by atoms with Gasteiger partial charge in [-0.3, -0.25) is 0 Å². The molecule has 0 saturated carbocycles. The monoisotopic (exact) mass is 252 g/mol. The van der Waals surface area contributed by atoms with Crippen LogP contribution in [0.15, 0.2) is 18.2 Å². The van der Waals surface area contributed by atoms with Gasteiger partial charge in [-0.1, -0.05) is 12.1 Å². The molecule has 1 aromatic rings. The Hall–Kier alpha value is -1.13. The van der Waals surface area contributed by atoms with Gasteiger partial charge in [0, 0.05) is 19.1 Å². The van der Waals surface area contributed by atoms with Crippen LogP contribution in [0, 0.1) is 5.82 Å². The van der Waals surface area contributed by atoms with Gasteiger partial charge in [-0.2, -0.15) is 0 Å². The minimum absolute atomic E-state index is 0.106. The molecular weight excluding hydrogens is 231 g/mol. The molecule has 3 atom stereocenters. The zero-order chi connectivity index (χ0) is 13.3. The molecule has 2 N–H and O–H groups in total. The second-order valence-corrected chi connectivity index (χ2v) is 5.13. The normalized spacial score (nSPS) is 26.2. The number of ether oxygens (including phenoxy) is 1. The van der Waals surface area contributed by atoms with Gasteiger partial charge in [0.1, 0.15) is 5.82 Å². The number of hydrogen-bond acceptors (Lipinski definition) is 3. The van der Waals surface area contributed by atoms with E-state index in [-0.39, 0.29) is 24.1 Å². The van der Waals surface area contributed by atoms with Gasteiger partial charge in [0.25, 0.3) is 0 Å². The van der Waals surface area contributed by atoms with Crippen molar-refractivity contribution in [2.45, 2.75) is 39.0 Å².